The first-order chi connectivity index (χ1) is 7.61. The molecule has 5 heteroatoms. The molecule has 1 rings (SSSR count). The lowest BCUT2D eigenvalue weighted by Gasteiger charge is -2.08. The van der Waals surface area contributed by atoms with E-state index in [2.05, 4.69) is 10.3 Å². The maximum atomic E-state index is 11.5. The molecular formula is C11H16ClN3O. The summed E-state index contributed by atoms with van der Waals surface area (Å²) in [6.45, 7) is 2.63. The second-order valence-corrected chi connectivity index (χ2v) is 4.23. The molecule has 0 aromatic carbocycles. The molecule has 0 aliphatic carbocycles. The van der Waals surface area contributed by atoms with Gasteiger partial charge in [0, 0.05) is 12.6 Å². The fourth-order valence-corrected chi connectivity index (χ4v) is 1.26. The Morgan fingerprint density at radius 3 is 2.94 bits per heavy atom. The van der Waals surface area contributed by atoms with E-state index in [-0.39, 0.29) is 5.91 Å². The number of carbonyl (C=O) groups is 1. The van der Waals surface area contributed by atoms with Crippen LogP contribution in [0.2, 0.25) is 5.02 Å². The number of nitrogens with zero attached hydrogens (tertiary/aromatic N) is 1. The minimum atomic E-state index is -0.0462. The van der Waals surface area contributed by atoms with Gasteiger partial charge in [-0.15, -0.1) is 0 Å². The average Bonchev–Trinajstić information content (AvgIpc) is 2.29. The number of pyridine rings is 1. The maximum absolute atomic E-state index is 11.5. The highest BCUT2D eigenvalue weighted by Crippen LogP contribution is 2.10. The first kappa shape index (κ1) is 12.9. The number of nitrogens with two attached hydrogens (primary N) is 1. The van der Waals surface area contributed by atoms with E-state index in [9.17, 15) is 4.79 Å². The number of rotatable bonds is 5. The molecule has 0 spiro atoms. The summed E-state index contributed by atoms with van der Waals surface area (Å²) in [5, 5.41) is 3.25. The number of hydrogen-bond acceptors (Lipinski definition) is 3. The van der Waals surface area contributed by atoms with Crippen LogP contribution in [-0.2, 0) is 4.79 Å². The quantitative estimate of drug-likeness (QED) is 0.829. The summed E-state index contributed by atoms with van der Waals surface area (Å²) < 4.78 is 0. The minimum Gasteiger partial charge on any atom is -0.330 e. The zero-order valence-corrected chi connectivity index (χ0v) is 10.00. The highest BCUT2D eigenvalue weighted by molar-refractivity contribution is 6.30. The molecule has 0 saturated carbocycles. The van der Waals surface area contributed by atoms with E-state index in [1.807, 2.05) is 6.92 Å². The maximum Gasteiger partial charge on any atom is 0.225 e. The molecule has 0 radical (unpaired) electrons. The lowest BCUT2D eigenvalue weighted by molar-refractivity contribution is -0.116. The monoisotopic (exact) mass is 241 g/mol. The molecule has 1 unspecified atom stereocenters. The summed E-state index contributed by atoms with van der Waals surface area (Å²) in [5.41, 5.74) is 5.47. The van der Waals surface area contributed by atoms with Gasteiger partial charge in [-0.05, 0) is 31.0 Å². The van der Waals surface area contributed by atoms with Crippen LogP contribution < -0.4 is 11.1 Å². The van der Waals surface area contributed by atoms with E-state index >= 15 is 0 Å². The molecule has 88 valence electrons. The number of halogens is 1. The third-order valence-electron chi connectivity index (χ3n) is 2.26. The SMILES string of the molecule is CC(CN)CCC(=O)Nc1ccc(Cl)cn1. The van der Waals surface area contributed by atoms with Crippen molar-refractivity contribution in [3.63, 3.8) is 0 Å². The van der Waals surface area contributed by atoms with Crippen LogP contribution in [0.1, 0.15) is 19.8 Å². The Balaban J connectivity index is 2.37. The second kappa shape index (κ2) is 6.45. The average molecular weight is 242 g/mol. The van der Waals surface area contributed by atoms with Gasteiger partial charge in [-0.3, -0.25) is 4.79 Å². The standard InChI is InChI=1S/C11H16ClN3O/c1-8(6-13)2-5-11(16)15-10-4-3-9(12)7-14-10/h3-4,7-8H,2,5-6,13H2,1H3,(H,14,15,16). The van der Waals surface area contributed by atoms with E-state index in [0.717, 1.165) is 6.42 Å². The molecule has 1 aromatic heterocycles. The molecule has 0 fully saturated rings. The normalized spacial score (nSPS) is 12.2. The molecule has 3 N–H and O–H groups in total. The van der Waals surface area contributed by atoms with E-state index in [0.29, 0.717) is 29.7 Å². The summed E-state index contributed by atoms with van der Waals surface area (Å²) in [4.78, 5) is 15.5. The van der Waals surface area contributed by atoms with Gasteiger partial charge in [0.15, 0.2) is 0 Å². The Labute approximate surface area is 100 Å². The number of nitrogens with one attached hydrogen (secondary N) is 1. The van der Waals surface area contributed by atoms with Gasteiger partial charge in [0.1, 0.15) is 5.82 Å². The van der Waals surface area contributed by atoms with E-state index in [1.165, 1.54) is 6.20 Å². The third kappa shape index (κ3) is 4.59. The van der Waals surface area contributed by atoms with Crippen molar-refractivity contribution in [2.45, 2.75) is 19.8 Å². The van der Waals surface area contributed by atoms with Crippen LogP contribution in [0.5, 0.6) is 0 Å². The molecule has 0 saturated heterocycles. The van der Waals surface area contributed by atoms with Crippen LogP contribution in [0, 0.1) is 5.92 Å². The van der Waals surface area contributed by atoms with Gasteiger partial charge in [-0.1, -0.05) is 18.5 Å². The second-order valence-electron chi connectivity index (χ2n) is 3.79. The highest BCUT2D eigenvalue weighted by atomic mass is 35.5. The first-order valence-electron chi connectivity index (χ1n) is 5.23. The van der Waals surface area contributed by atoms with Crippen molar-refractivity contribution in [2.24, 2.45) is 11.7 Å². The molecule has 1 atom stereocenters. The van der Waals surface area contributed by atoms with Gasteiger partial charge in [-0.2, -0.15) is 0 Å². The zero-order valence-electron chi connectivity index (χ0n) is 9.24. The van der Waals surface area contributed by atoms with Gasteiger partial charge in [0.05, 0.1) is 5.02 Å². The van der Waals surface area contributed by atoms with Crippen molar-refractivity contribution in [3.8, 4) is 0 Å². The number of carbonyl (C=O) groups excluding carboxylic acids is 1. The molecule has 4 nitrogen and oxygen atoms in total. The predicted octanol–water partition coefficient (Wildman–Crippen LogP) is 2.05. The fraction of sp³-hybridized carbons (Fsp3) is 0.455. The van der Waals surface area contributed by atoms with Crippen molar-refractivity contribution in [1.82, 2.24) is 4.98 Å². The summed E-state index contributed by atoms with van der Waals surface area (Å²) in [5.74, 6) is 0.842. The molecule has 0 aliphatic heterocycles. The smallest absolute Gasteiger partial charge is 0.225 e. The molecule has 1 amide bonds. The topological polar surface area (TPSA) is 68.0 Å². The number of aromatic nitrogens is 1. The van der Waals surface area contributed by atoms with Crippen molar-refractivity contribution in [2.75, 3.05) is 11.9 Å². The number of hydrogen-bond donors (Lipinski definition) is 2. The Hall–Kier alpha value is -1.13. The van der Waals surface area contributed by atoms with Gasteiger partial charge in [-0.25, -0.2) is 4.98 Å². The third-order valence-corrected chi connectivity index (χ3v) is 2.49. The highest BCUT2D eigenvalue weighted by Gasteiger charge is 2.06. The van der Waals surface area contributed by atoms with Gasteiger partial charge >= 0.3 is 0 Å². The van der Waals surface area contributed by atoms with Crippen LogP contribution in [0.25, 0.3) is 0 Å². The van der Waals surface area contributed by atoms with Crippen LogP contribution in [0.15, 0.2) is 18.3 Å². The van der Waals surface area contributed by atoms with E-state index in [4.69, 9.17) is 17.3 Å². The molecule has 16 heavy (non-hydrogen) atoms. The fourth-order valence-electron chi connectivity index (χ4n) is 1.15. The number of anilines is 1. The van der Waals surface area contributed by atoms with Crippen LogP contribution >= 0.6 is 11.6 Å². The largest absolute Gasteiger partial charge is 0.330 e. The van der Waals surface area contributed by atoms with Gasteiger partial charge in [0.2, 0.25) is 5.91 Å². The molecule has 1 heterocycles. The zero-order chi connectivity index (χ0) is 12.0. The van der Waals surface area contributed by atoms with Crippen molar-refractivity contribution >= 4 is 23.3 Å². The predicted molar refractivity (Wildman–Crippen MR) is 65.3 cm³/mol. The molecular weight excluding hydrogens is 226 g/mol. The lowest BCUT2D eigenvalue weighted by Crippen LogP contribution is -2.16. The molecule has 0 bridgehead atoms. The van der Waals surface area contributed by atoms with Crippen LogP contribution in [0.3, 0.4) is 0 Å². The number of amides is 1. The summed E-state index contributed by atoms with van der Waals surface area (Å²) in [6, 6.07) is 3.36. The van der Waals surface area contributed by atoms with Crippen molar-refractivity contribution in [3.05, 3.63) is 23.4 Å². The summed E-state index contributed by atoms with van der Waals surface area (Å²) in [7, 11) is 0. The Kier molecular flexibility index (Phi) is 5.22. The minimum absolute atomic E-state index is 0.0462. The Morgan fingerprint density at radius 2 is 2.38 bits per heavy atom. The summed E-state index contributed by atoms with van der Waals surface area (Å²) in [6.07, 6.45) is 2.75. The lowest BCUT2D eigenvalue weighted by atomic mass is 10.1. The van der Waals surface area contributed by atoms with Crippen molar-refractivity contribution < 1.29 is 4.79 Å². The Bertz CT molecular complexity index is 340. The van der Waals surface area contributed by atoms with E-state index < -0.39 is 0 Å². The van der Waals surface area contributed by atoms with Gasteiger partial charge < -0.3 is 11.1 Å². The Morgan fingerprint density at radius 1 is 1.62 bits per heavy atom. The summed E-state index contributed by atoms with van der Waals surface area (Å²) >= 11 is 5.68. The van der Waals surface area contributed by atoms with Gasteiger partial charge in [0.25, 0.3) is 0 Å². The van der Waals surface area contributed by atoms with Crippen LogP contribution in [0.4, 0.5) is 5.82 Å². The molecule has 1 aromatic rings. The van der Waals surface area contributed by atoms with Crippen molar-refractivity contribution in [1.29, 1.82) is 0 Å². The van der Waals surface area contributed by atoms with E-state index in [1.54, 1.807) is 12.1 Å². The van der Waals surface area contributed by atoms with Crippen LogP contribution in [-0.4, -0.2) is 17.4 Å². The molecule has 0 aliphatic rings. The first-order valence-corrected chi connectivity index (χ1v) is 5.61.